The monoisotopic (exact) mass is 192 g/mol. The maximum absolute atomic E-state index is 4.40. The number of thiazole rings is 1. The van der Waals surface area contributed by atoms with Gasteiger partial charge in [-0.15, -0.1) is 11.3 Å². The van der Waals surface area contributed by atoms with Crippen LogP contribution in [0.1, 0.15) is 10.6 Å². The molecule has 3 rings (SSSR count). The van der Waals surface area contributed by atoms with Crippen LogP contribution in [-0.2, 0) is 12.8 Å². The first-order chi connectivity index (χ1) is 6.43. The van der Waals surface area contributed by atoms with E-state index >= 15 is 0 Å². The third-order valence-electron chi connectivity index (χ3n) is 2.96. The summed E-state index contributed by atoms with van der Waals surface area (Å²) in [5, 5.41) is 3.54. The fourth-order valence-electron chi connectivity index (χ4n) is 2.23. The van der Waals surface area contributed by atoms with Gasteiger partial charge < -0.3 is 5.32 Å². The lowest BCUT2D eigenvalue weighted by Gasteiger charge is -2.32. The molecular weight excluding hydrogens is 180 g/mol. The molecule has 0 fully saturated rings. The minimum atomic E-state index is 0.665. The number of nitrogens with one attached hydrogen (secondary N) is 1. The molecule has 2 atom stereocenters. The van der Waals surface area contributed by atoms with Crippen LogP contribution in [0.15, 0.2) is 17.7 Å². The van der Waals surface area contributed by atoms with Crippen molar-refractivity contribution in [3.8, 4) is 0 Å². The van der Waals surface area contributed by atoms with Gasteiger partial charge in [-0.05, 0) is 18.8 Å². The number of hydrogen-bond acceptors (Lipinski definition) is 3. The van der Waals surface area contributed by atoms with Crippen molar-refractivity contribution in [3.63, 3.8) is 0 Å². The van der Waals surface area contributed by atoms with Gasteiger partial charge >= 0.3 is 0 Å². The molecule has 0 saturated heterocycles. The molecular formula is C10H12N2S. The Morgan fingerprint density at radius 1 is 1.46 bits per heavy atom. The third-order valence-corrected chi connectivity index (χ3v) is 3.86. The van der Waals surface area contributed by atoms with Crippen molar-refractivity contribution in [2.24, 2.45) is 5.92 Å². The maximum Gasteiger partial charge on any atom is 0.0797 e. The van der Waals surface area contributed by atoms with Crippen LogP contribution in [0, 0.1) is 5.92 Å². The molecule has 1 aromatic rings. The van der Waals surface area contributed by atoms with E-state index in [2.05, 4.69) is 22.5 Å². The van der Waals surface area contributed by atoms with Gasteiger partial charge in [-0.25, -0.2) is 4.98 Å². The van der Waals surface area contributed by atoms with Gasteiger partial charge in [0.15, 0.2) is 0 Å². The van der Waals surface area contributed by atoms with Gasteiger partial charge in [0.25, 0.3) is 0 Å². The first-order valence-corrected chi connectivity index (χ1v) is 5.63. The minimum Gasteiger partial charge on any atom is -0.310 e. The van der Waals surface area contributed by atoms with Crippen molar-refractivity contribution in [2.75, 3.05) is 6.54 Å². The van der Waals surface area contributed by atoms with Crippen molar-refractivity contribution >= 4 is 11.3 Å². The Balaban J connectivity index is 1.95. The Bertz CT molecular complexity index is 342. The van der Waals surface area contributed by atoms with Crippen molar-refractivity contribution in [3.05, 3.63) is 28.2 Å². The standard InChI is InChI=1S/C10H12N2S/c1-2-7-4-9-10(13-6-12-9)5-8(7)11-3-1/h1-2,6-8,11H,3-5H2/t7-,8-/m0/s1. The molecule has 68 valence electrons. The van der Waals surface area contributed by atoms with E-state index in [1.54, 1.807) is 11.3 Å². The van der Waals surface area contributed by atoms with Gasteiger partial charge in [0.2, 0.25) is 0 Å². The van der Waals surface area contributed by atoms with Gasteiger partial charge in [-0.1, -0.05) is 12.2 Å². The lowest BCUT2D eigenvalue weighted by atomic mass is 9.84. The van der Waals surface area contributed by atoms with Gasteiger partial charge in [0.05, 0.1) is 11.2 Å². The molecule has 1 N–H and O–H groups in total. The average Bonchev–Trinajstić information content (AvgIpc) is 2.61. The van der Waals surface area contributed by atoms with E-state index < -0.39 is 0 Å². The molecule has 0 spiro atoms. The van der Waals surface area contributed by atoms with E-state index in [1.807, 2.05) is 5.51 Å². The van der Waals surface area contributed by atoms with E-state index in [9.17, 15) is 0 Å². The molecule has 0 saturated carbocycles. The van der Waals surface area contributed by atoms with Crippen LogP contribution in [0.5, 0.6) is 0 Å². The molecule has 3 heteroatoms. The van der Waals surface area contributed by atoms with E-state index in [0.717, 1.165) is 13.0 Å². The Hall–Kier alpha value is -0.670. The zero-order valence-corrected chi connectivity index (χ0v) is 8.18. The highest BCUT2D eigenvalue weighted by Crippen LogP contribution is 2.29. The third kappa shape index (κ3) is 1.23. The zero-order valence-electron chi connectivity index (χ0n) is 7.36. The first kappa shape index (κ1) is 7.71. The van der Waals surface area contributed by atoms with Gasteiger partial charge in [-0.2, -0.15) is 0 Å². The summed E-state index contributed by atoms with van der Waals surface area (Å²) in [7, 11) is 0. The fraction of sp³-hybridized carbons (Fsp3) is 0.500. The van der Waals surface area contributed by atoms with Crippen LogP contribution < -0.4 is 5.32 Å². The van der Waals surface area contributed by atoms with Crippen molar-refractivity contribution in [2.45, 2.75) is 18.9 Å². The molecule has 0 amide bonds. The summed E-state index contributed by atoms with van der Waals surface area (Å²) in [6, 6.07) is 0.665. The average molecular weight is 192 g/mol. The van der Waals surface area contributed by atoms with E-state index in [-0.39, 0.29) is 0 Å². The van der Waals surface area contributed by atoms with E-state index in [4.69, 9.17) is 0 Å². The van der Waals surface area contributed by atoms with Crippen molar-refractivity contribution < 1.29 is 0 Å². The highest BCUT2D eigenvalue weighted by molar-refractivity contribution is 7.09. The predicted octanol–water partition coefficient (Wildman–Crippen LogP) is 1.39. The highest BCUT2D eigenvalue weighted by atomic mass is 32.1. The fourth-order valence-corrected chi connectivity index (χ4v) is 3.09. The molecule has 2 nitrogen and oxygen atoms in total. The Morgan fingerprint density at radius 3 is 3.46 bits per heavy atom. The molecule has 1 aliphatic heterocycles. The molecule has 1 aliphatic carbocycles. The number of aromatic nitrogens is 1. The maximum atomic E-state index is 4.40. The summed E-state index contributed by atoms with van der Waals surface area (Å²) in [4.78, 5) is 5.89. The summed E-state index contributed by atoms with van der Waals surface area (Å²) in [5.41, 5.74) is 3.31. The van der Waals surface area contributed by atoms with Crippen LogP contribution in [0.25, 0.3) is 0 Å². The van der Waals surface area contributed by atoms with E-state index in [0.29, 0.717) is 12.0 Å². The highest BCUT2D eigenvalue weighted by Gasteiger charge is 2.29. The van der Waals surface area contributed by atoms with Crippen LogP contribution in [0.2, 0.25) is 0 Å². The molecule has 13 heavy (non-hydrogen) atoms. The van der Waals surface area contributed by atoms with Gasteiger partial charge in [0.1, 0.15) is 0 Å². The SMILES string of the molecule is C1=C[C@H]2Cc3ncsc3C[C@@H]2NC1. The molecule has 0 unspecified atom stereocenters. The topological polar surface area (TPSA) is 24.9 Å². The molecule has 0 bridgehead atoms. The van der Waals surface area contributed by atoms with Crippen molar-refractivity contribution in [1.82, 2.24) is 10.3 Å². The minimum absolute atomic E-state index is 0.665. The Labute approximate surface area is 81.7 Å². The second kappa shape index (κ2) is 2.93. The van der Waals surface area contributed by atoms with E-state index in [1.165, 1.54) is 17.0 Å². The number of hydrogen-bond donors (Lipinski definition) is 1. The second-order valence-corrected chi connectivity index (χ2v) is 4.68. The number of fused-ring (bicyclic) bond motifs is 2. The van der Waals surface area contributed by atoms with Crippen LogP contribution in [0.4, 0.5) is 0 Å². The Morgan fingerprint density at radius 2 is 2.46 bits per heavy atom. The van der Waals surface area contributed by atoms with Crippen LogP contribution in [-0.4, -0.2) is 17.6 Å². The van der Waals surface area contributed by atoms with Crippen LogP contribution >= 0.6 is 11.3 Å². The molecule has 0 radical (unpaired) electrons. The predicted molar refractivity (Wildman–Crippen MR) is 53.9 cm³/mol. The smallest absolute Gasteiger partial charge is 0.0797 e. The summed E-state index contributed by atoms with van der Waals surface area (Å²) in [6.45, 7) is 1.04. The molecule has 2 heterocycles. The van der Waals surface area contributed by atoms with Gasteiger partial charge in [0, 0.05) is 17.5 Å². The molecule has 0 aromatic carbocycles. The normalized spacial score (nSPS) is 31.1. The second-order valence-electron chi connectivity index (χ2n) is 3.74. The quantitative estimate of drug-likeness (QED) is 0.628. The number of nitrogens with zero attached hydrogens (tertiary/aromatic N) is 1. The van der Waals surface area contributed by atoms with Gasteiger partial charge in [-0.3, -0.25) is 0 Å². The summed E-state index contributed by atoms with van der Waals surface area (Å²) < 4.78 is 0. The Kier molecular flexibility index (Phi) is 1.73. The lowest BCUT2D eigenvalue weighted by Crippen LogP contribution is -2.43. The summed E-state index contributed by atoms with van der Waals surface area (Å²) >= 11 is 1.81. The zero-order chi connectivity index (χ0) is 8.67. The van der Waals surface area contributed by atoms with Crippen molar-refractivity contribution in [1.29, 1.82) is 0 Å². The number of rotatable bonds is 0. The summed E-state index contributed by atoms with van der Waals surface area (Å²) in [6.07, 6.45) is 6.89. The summed E-state index contributed by atoms with van der Waals surface area (Å²) in [5.74, 6) is 0.684. The first-order valence-electron chi connectivity index (χ1n) is 4.75. The molecule has 2 aliphatic rings. The molecule has 1 aromatic heterocycles. The lowest BCUT2D eigenvalue weighted by molar-refractivity contribution is 0.382. The van der Waals surface area contributed by atoms with Crippen LogP contribution in [0.3, 0.4) is 0 Å². The largest absolute Gasteiger partial charge is 0.310 e.